The maximum Gasteiger partial charge on any atom is 0.318 e. The topological polar surface area (TPSA) is 88.5 Å². The zero-order valence-electron chi connectivity index (χ0n) is 9.22. The van der Waals surface area contributed by atoms with Gasteiger partial charge in [0.2, 0.25) is 11.8 Å². The molecule has 0 saturated carbocycles. The van der Waals surface area contributed by atoms with Crippen LogP contribution < -0.4 is 10.6 Å². The van der Waals surface area contributed by atoms with Crippen molar-refractivity contribution in [3.05, 3.63) is 5.89 Å². The molecule has 2 N–H and O–H groups in total. The normalized spacial score (nSPS) is 16.6. The van der Waals surface area contributed by atoms with Gasteiger partial charge in [0.15, 0.2) is 0 Å². The molecule has 1 aromatic heterocycles. The van der Waals surface area contributed by atoms with Crippen molar-refractivity contribution in [3.8, 4) is 0 Å². The molecule has 0 bridgehead atoms. The molecule has 7 nitrogen and oxygen atoms in total. The summed E-state index contributed by atoms with van der Waals surface area (Å²) < 4.78 is 5.34. The third-order valence-electron chi connectivity index (χ3n) is 2.63. The number of amides is 1. The van der Waals surface area contributed by atoms with E-state index in [1.807, 2.05) is 4.90 Å². The Balaban J connectivity index is 1.96. The van der Waals surface area contributed by atoms with Gasteiger partial charge in [0, 0.05) is 33.1 Å². The van der Waals surface area contributed by atoms with E-state index in [1.165, 1.54) is 0 Å². The lowest BCUT2D eigenvalue weighted by molar-refractivity contribution is -0.129. The van der Waals surface area contributed by atoms with Gasteiger partial charge >= 0.3 is 6.01 Å². The smallest absolute Gasteiger partial charge is 0.318 e. The molecular weight excluding hydrogens is 210 g/mol. The molecule has 2 rings (SSSR count). The van der Waals surface area contributed by atoms with Gasteiger partial charge in [-0.25, -0.2) is 0 Å². The van der Waals surface area contributed by atoms with Crippen LogP contribution in [0.15, 0.2) is 4.42 Å². The van der Waals surface area contributed by atoms with Crippen molar-refractivity contribution < 1.29 is 9.21 Å². The first kappa shape index (κ1) is 10.9. The Morgan fingerprint density at radius 1 is 1.38 bits per heavy atom. The molecule has 0 unspecified atom stereocenters. The second-order valence-electron chi connectivity index (χ2n) is 3.68. The molecule has 0 radical (unpaired) electrons. The maximum atomic E-state index is 11.1. The first-order valence-electron chi connectivity index (χ1n) is 5.23. The van der Waals surface area contributed by atoms with E-state index in [2.05, 4.69) is 10.2 Å². The predicted molar refractivity (Wildman–Crippen MR) is 56.7 cm³/mol. The Morgan fingerprint density at radius 2 is 2.06 bits per heavy atom. The highest BCUT2D eigenvalue weighted by Crippen LogP contribution is 2.14. The van der Waals surface area contributed by atoms with Crippen molar-refractivity contribution in [2.45, 2.75) is 13.5 Å². The van der Waals surface area contributed by atoms with E-state index >= 15 is 0 Å². The number of carbonyl (C=O) groups is 1. The minimum absolute atomic E-state index is 0.104. The van der Waals surface area contributed by atoms with Gasteiger partial charge in [-0.1, -0.05) is 5.10 Å². The highest BCUT2D eigenvalue weighted by atomic mass is 16.4. The second-order valence-corrected chi connectivity index (χ2v) is 3.68. The number of piperazine rings is 1. The molecule has 0 aromatic carbocycles. The van der Waals surface area contributed by atoms with Gasteiger partial charge in [-0.3, -0.25) is 4.79 Å². The fourth-order valence-corrected chi connectivity index (χ4v) is 1.67. The molecule has 0 spiro atoms. The summed E-state index contributed by atoms with van der Waals surface area (Å²) in [5.74, 6) is 0.539. The van der Waals surface area contributed by atoms with Crippen molar-refractivity contribution in [2.24, 2.45) is 5.73 Å². The number of aromatic nitrogens is 2. The highest BCUT2D eigenvalue weighted by molar-refractivity contribution is 5.73. The third kappa shape index (κ3) is 2.13. The molecule has 1 aliphatic heterocycles. The Morgan fingerprint density at radius 3 is 2.56 bits per heavy atom. The van der Waals surface area contributed by atoms with E-state index in [4.69, 9.17) is 10.2 Å². The van der Waals surface area contributed by atoms with Gasteiger partial charge in [0.1, 0.15) is 0 Å². The Hall–Kier alpha value is -1.63. The predicted octanol–water partition coefficient (Wildman–Crippen LogP) is -0.803. The fraction of sp³-hybridized carbons (Fsp3) is 0.667. The number of nitrogens with zero attached hydrogens (tertiary/aromatic N) is 4. The monoisotopic (exact) mass is 225 g/mol. The van der Waals surface area contributed by atoms with Crippen LogP contribution in [-0.4, -0.2) is 47.2 Å². The number of hydrogen-bond acceptors (Lipinski definition) is 6. The molecule has 1 amide bonds. The van der Waals surface area contributed by atoms with Gasteiger partial charge in [-0.05, 0) is 0 Å². The summed E-state index contributed by atoms with van der Waals surface area (Å²) >= 11 is 0. The van der Waals surface area contributed by atoms with Crippen LogP contribution in [0.2, 0.25) is 0 Å². The first-order valence-corrected chi connectivity index (χ1v) is 5.23. The molecule has 7 heteroatoms. The van der Waals surface area contributed by atoms with Crippen LogP contribution >= 0.6 is 0 Å². The third-order valence-corrected chi connectivity index (χ3v) is 2.63. The minimum atomic E-state index is 0.104. The summed E-state index contributed by atoms with van der Waals surface area (Å²) in [7, 11) is 0. The van der Waals surface area contributed by atoms with Crippen LogP contribution in [0.3, 0.4) is 0 Å². The number of hydrogen-bond donors (Lipinski definition) is 1. The van der Waals surface area contributed by atoms with Gasteiger partial charge in [0.05, 0.1) is 6.54 Å². The maximum absolute atomic E-state index is 11.1. The van der Waals surface area contributed by atoms with Crippen molar-refractivity contribution in [2.75, 3.05) is 31.1 Å². The van der Waals surface area contributed by atoms with E-state index in [-0.39, 0.29) is 12.5 Å². The molecule has 16 heavy (non-hydrogen) atoms. The number of carbonyl (C=O) groups excluding carboxylic acids is 1. The van der Waals surface area contributed by atoms with E-state index in [0.29, 0.717) is 38.1 Å². The van der Waals surface area contributed by atoms with Crippen molar-refractivity contribution in [3.63, 3.8) is 0 Å². The first-order chi connectivity index (χ1) is 7.70. The molecule has 0 aliphatic carbocycles. The molecule has 1 fully saturated rings. The lowest BCUT2D eigenvalue weighted by atomic mass is 10.3. The molecule has 1 aromatic rings. The molecule has 88 valence electrons. The lowest BCUT2D eigenvalue weighted by Gasteiger charge is -2.32. The molecule has 0 atom stereocenters. The number of nitrogens with two attached hydrogens (primary N) is 1. The number of rotatable bonds is 2. The van der Waals surface area contributed by atoms with E-state index in [0.717, 1.165) is 0 Å². The molecule has 2 heterocycles. The largest absolute Gasteiger partial charge is 0.407 e. The van der Waals surface area contributed by atoms with Gasteiger partial charge in [-0.15, -0.1) is 5.10 Å². The average molecular weight is 225 g/mol. The highest BCUT2D eigenvalue weighted by Gasteiger charge is 2.22. The van der Waals surface area contributed by atoms with Crippen LogP contribution in [0.5, 0.6) is 0 Å². The molecule has 1 aliphatic rings. The minimum Gasteiger partial charge on any atom is -0.407 e. The standard InChI is InChI=1S/C9H15N5O2/c1-7(15)13-2-4-14(5-3-13)9-12-11-8(6-10)16-9/h2-6,10H2,1H3. The van der Waals surface area contributed by atoms with Crippen LogP contribution in [0, 0.1) is 0 Å². The van der Waals surface area contributed by atoms with Crippen molar-refractivity contribution in [1.29, 1.82) is 0 Å². The van der Waals surface area contributed by atoms with Gasteiger partial charge in [0.25, 0.3) is 0 Å². The van der Waals surface area contributed by atoms with Gasteiger partial charge < -0.3 is 20.0 Å². The van der Waals surface area contributed by atoms with Crippen LogP contribution in [0.1, 0.15) is 12.8 Å². The summed E-state index contributed by atoms with van der Waals surface area (Å²) in [5, 5.41) is 7.71. The second kappa shape index (κ2) is 4.48. The fourth-order valence-electron chi connectivity index (χ4n) is 1.67. The van der Waals surface area contributed by atoms with Crippen LogP contribution in [-0.2, 0) is 11.3 Å². The van der Waals surface area contributed by atoms with E-state index in [9.17, 15) is 4.79 Å². The SMILES string of the molecule is CC(=O)N1CCN(c2nnc(CN)o2)CC1. The zero-order valence-corrected chi connectivity index (χ0v) is 9.22. The van der Waals surface area contributed by atoms with E-state index < -0.39 is 0 Å². The number of anilines is 1. The average Bonchev–Trinajstić information content (AvgIpc) is 2.77. The molecular formula is C9H15N5O2. The Bertz CT molecular complexity index is 370. The lowest BCUT2D eigenvalue weighted by Crippen LogP contribution is -2.48. The Labute approximate surface area is 93.2 Å². The van der Waals surface area contributed by atoms with E-state index in [1.54, 1.807) is 11.8 Å². The molecule has 1 saturated heterocycles. The van der Waals surface area contributed by atoms with Gasteiger partial charge in [-0.2, -0.15) is 0 Å². The summed E-state index contributed by atoms with van der Waals surface area (Å²) in [6.07, 6.45) is 0. The quantitative estimate of drug-likeness (QED) is 0.708. The van der Waals surface area contributed by atoms with Crippen LogP contribution in [0.4, 0.5) is 6.01 Å². The zero-order chi connectivity index (χ0) is 11.5. The summed E-state index contributed by atoms with van der Waals surface area (Å²) in [5.41, 5.74) is 5.39. The summed E-state index contributed by atoms with van der Waals surface area (Å²) in [6.45, 7) is 4.64. The Kier molecular flexibility index (Phi) is 3.04. The van der Waals surface area contributed by atoms with Crippen LogP contribution in [0.25, 0.3) is 0 Å². The van der Waals surface area contributed by atoms with Crippen molar-refractivity contribution >= 4 is 11.9 Å². The summed E-state index contributed by atoms with van der Waals surface area (Å²) in [6, 6.07) is 0.489. The van der Waals surface area contributed by atoms with Crippen molar-refractivity contribution in [1.82, 2.24) is 15.1 Å². The summed E-state index contributed by atoms with van der Waals surface area (Å²) in [4.78, 5) is 14.9.